The number of carbonyl (C=O) groups is 4. The number of nitrogens with zero attached hydrogens (tertiary/aromatic N) is 3. The molecule has 13 nitrogen and oxygen atoms in total. The van der Waals surface area contributed by atoms with Crippen LogP contribution in [0.5, 0.6) is 0 Å². The lowest BCUT2D eigenvalue weighted by Gasteiger charge is -2.44. The van der Waals surface area contributed by atoms with Gasteiger partial charge in [0.2, 0.25) is 17.7 Å². The van der Waals surface area contributed by atoms with Crippen molar-refractivity contribution in [2.75, 3.05) is 54.1 Å². The van der Waals surface area contributed by atoms with E-state index in [-0.39, 0.29) is 54.7 Å². The first-order chi connectivity index (χ1) is 25.1. The number of amides is 5. The fourth-order valence-corrected chi connectivity index (χ4v) is 8.00. The molecule has 3 rings (SSSR count). The van der Waals surface area contributed by atoms with Crippen LogP contribution in [0.25, 0.3) is 0 Å². The lowest BCUT2D eigenvalue weighted by Crippen LogP contribution is -2.65. The Morgan fingerprint density at radius 3 is 2.28 bits per heavy atom. The van der Waals surface area contributed by atoms with E-state index in [0.29, 0.717) is 39.0 Å². The van der Waals surface area contributed by atoms with Gasteiger partial charge in [0.15, 0.2) is 0 Å². The van der Waals surface area contributed by atoms with Crippen molar-refractivity contribution >= 4 is 23.8 Å². The van der Waals surface area contributed by atoms with Gasteiger partial charge in [-0.15, -0.1) is 0 Å². The van der Waals surface area contributed by atoms with E-state index in [4.69, 9.17) is 9.47 Å². The Hall–Kier alpha value is -3.26. The monoisotopic (exact) mass is 745 g/mol. The second kappa shape index (κ2) is 20.4. The molecular weight excluding hydrogens is 676 g/mol. The van der Waals surface area contributed by atoms with Gasteiger partial charge in [-0.2, -0.15) is 0 Å². The third kappa shape index (κ3) is 11.4. The number of likely N-dealkylation sites (N-methyl/N-ethyl adjacent to an activating group) is 1. The van der Waals surface area contributed by atoms with Crippen molar-refractivity contribution in [3.05, 3.63) is 35.9 Å². The molecule has 5 amide bonds. The number of aliphatic hydroxyl groups is 1. The Morgan fingerprint density at radius 1 is 1.04 bits per heavy atom. The number of aliphatic hydroxyl groups excluding tert-OH is 1. The van der Waals surface area contributed by atoms with Crippen molar-refractivity contribution in [3.63, 3.8) is 0 Å². The van der Waals surface area contributed by atoms with Gasteiger partial charge < -0.3 is 45.2 Å². The van der Waals surface area contributed by atoms with Gasteiger partial charge in [0.1, 0.15) is 6.04 Å². The number of hydrogen-bond acceptors (Lipinski definition) is 8. The van der Waals surface area contributed by atoms with Crippen LogP contribution in [0, 0.1) is 17.8 Å². The number of likely N-dealkylation sites (tertiary alicyclic amines) is 1. The number of hydrogen-bond donors (Lipinski definition) is 4. The molecule has 0 aromatic heterocycles. The minimum Gasteiger partial charge on any atom is -0.394 e. The van der Waals surface area contributed by atoms with E-state index >= 15 is 0 Å². The summed E-state index contributed by atoms with van der Waals surface area (Å²) in [4.78, 5) is 60.7. The summed E-state index contributed by atoms with van der Waals surface area (Å²) in [7, 11) is 4.87. The highest BCUT2D eigenvalue weighted by Gasteiger charge is 2.43. The molecule has 53 heavy (non-hydrogen) atoms. The zero-order valence-corrected chi connectivity index (χ0v) is 33.9. The van der Waals surface area contributed by atoms with E-state index in [0.717, 1.165) is 18.4 Å². The normalized spacial score (nSPS) is 21.2. The van der Waals surface area contributed by atoms with Gasteiger partial charge in [0, 0.05) is 47.4 Å². The Morgan fingerprint density at radius 2 is 1.72 bits per heavy atom. The van der Waals surface area contributed by atoms with Crippen LogP contribution < -0.4 is 16.0 Å². The number of carbonyl (C=O) groups excluding carboxylic acids is 4. The number of ether oxygens (including phenoxy) is 2. The van der Waals surface area contributed by atoms with Crippen LogP contribution in [-0.2, 0) is 30.3 Å². The van der Waals surface area contributed by atoms with Crippen LogP contribution in [0.3, 0.4) is 0 Å². The molecule has 3 unspecified atom stereocenters. The molecule has 0 spiro atoms. The van der Waals surface area contributed by atoms with Gasteiger partial charge in [-0.05, 0) is 50.5 Å². The molecule has 2 fully saturated rings. The van der Waals surface area contributed by atoms with Gasteiger partial charge in [0.05, 0.1) is 54.8 Å². The van der Waals surface area contributed by atoms with Crippen molar-refractivity contribution in [1.82, 2.24) is 30.7 Å². The van der Waals surface area contributed by atoms with Crippen molar-refractivity contribution < 1.29 is 33.8 Å². The molecule has 2 saturated heterocycles. The topological polar surface area (TPSA) is 153 Å². The lowest BCUT2D eigenvalue weighted by molar-refractivity contribution is -0.147. The van der Waals surface area contributed by atoms with Crippen LogP contribution in [0.1, 0.15) is 79.7 Å². The lowest BCUT2D eigenvalue weighted by atomic mass is 9.89. The molecule has 13 heteroatoms. The van der Waals surface area contributed by atoms with Crippen molar-refractivity contribution in [3.8, 4) is 0 Å². The number of piperazine rings is 1. The fraction of sp³-hybridized carbons (Fsp3) is 0.750. The number of nitrogens with one attached hydrogen (secondary N) is 3. The molecule has 0 aliphatic carbocycles. The van der Waals surface area contributed by atoms with Gasteiger partial charge in [0.25, 0.3) is 0 Å². The molecule has 2 aliphatic heterocycles. The minimum atomic E-state index is -0.769. The second-order valence-corrected chi connectivity index (χ2v) is 16.0. The van der Waals surface area contributed by atoms with Crippen LogP contribution in [-0.4, -0.2) is 140 Å². The summed E-state index contributed by atoms with van der Waals surface area (Å²) in [5, 5.41) is 19.4. The molecule has 2 aliphatic rings. The largest absolute Gasteiger partial charge is 0.394 e. The van der Waals surface area contributed by atoms with E-state index in [2.05, 4.69) is 22.9 Å². The highest BCUT2D eigenvalue weighted by Crippen LogP contribution is 2.30. The maximum atomic E-state index is 14.3. The average molecular weight is 745 g/mol. The third-order valence-electron chi connectivity index (χ3n) is 11.4. The average Bonchev–Trinajstić information content (AvgIpc) is 3.62. The van der Waals surface area contributed by atoms with Crippen LogP contribution in [0.15, 0.2) is 30.3 Å². The standard InChI is InChI=1S/C40H68N6O7/c1-11-27(4)35(44(8)38(50)34(26(2)3)43-39(51)46-21-19-41-25-40(46,6)7)32(52-9)23-33(48)45-20-15-18-31(45)36(53-10)28(5)37(49)42-30(24-47)22-29-16-13-12-14-17-29/h12-14,16-17,26-28,30-32,34-36,41,47H,11,15,18-25H2,1-10H3,(H,42,49)(H,43,51)/t27-,28+,30?,31?,32+,34?,35-,36+/m0/s1. The highest BCUT2D eigenvalue weighted by atomic mass is 16.5. The minimum absolute atomic E-state index is 0.0162. The first kappa shape index (κ1) is 44.1. The van der Waals surface area contributed by atoms with Gasteiger partial charge in [-0.1, -0.05) is 71.4 Å². The molecule has 8 atom stereocenters. The van der Waals surface area contributed by atoms with Gasteiger partial charge >= 0.3 is 6.03 Å². The Labute approximate surface area is 317 Å². The number of rotatable bonds is 18. The molecule has 2 heterocycles. The molecule has 0 bridgehead atoms. The van der Waals surface area contributed by atoms with E-state index in [1.54, 1.807) is 42.9 Å². The summed E-state index contributed by atoms with van der Waals surface area (Å²) in [6.45, 7) is 16.0. The zero-order valence-electron chi connectivity index (χ0n) is 33.9. The molecule has 0 saturated carbocycles. The second-order valence-electron chi connectivity index (χ2n) is 16.0. The maximum Gasteiger partial charge on any atom is 0.318 e. The summed E-state index contributed by atoms with van der Waals surface area (Å²) >= 11 is 0. The molecule has 1 aromatic rings. The van der Waals surface area contributed by atoms with E-state index in [1.165, 1.54) is 0 Å². The van der Waals surface area contributed by atoms with Crippen molar-refractivity contribution in [2.24, 2.45) is 17.8 Å². The predicted molar refractivity (Wildman–Crippen MR) is 206 cm³/mol. The number of benzene rings is 1. The smallest absolute Gasteiger partial charge is 0.318 e. The summed E-state index contributed by atoms with van der Waals surface area (Å²) in [5.74, 6) is -1.39. The summed E-state index contributed by atoms with van der Waals surface area (Å²) < 4.78 is 12.0. The maximum absolute atomic E-state index is 14.3. The van der Waals surface area contributed by atoms with E-state index < -0.39 is 41.8 Å². The number of urea groups is 1. The van der Waals surface area contributed by atoms with Crippen molar-refractivity contribution in [2.45, 2.75) is 122 Å². The Kier molecular flexibility index (Phi) is 17.0. The number of methoxy groups -OCH3 is 2. The first-order valence-corrected chi connectivity index (χ1v) is 19.5. The molecular formula is C40H68N6O7. The fourth-order valence-electron chi connectivity index (χ4n) is 8.00. The summed E-state index contributed by atoms with van der Waals surface area (Å²) in [5.41, 5.74) is 0.607. The van der Waals surface area contributed by atoms with E-state index in [1.807, 2.05) is 65.0 Å². The van der Waals surface area contributed by atoms with Crippen LogP contribution in [0.4, 0.5) is 4.79 Å². The Balaban J connectivity index is 1.75. The molecule has 0 radical (unpaired) electrons. The third-order valence-corrected chi connectivity index (χ3v) is 11.4. The molecule has 1 aromatic carbocycles. The van der Waals surface area contributed by atoms with Crippen molar-refractivity contribution in [1.29, 1.82) is 0 Å². The molecule has 4 N–H and O–H groups in total. The van der Waals surface area contributed by atoms with E-state index in [9.17, 15) is 24.3 Å². The zero-order chi connectivity index (χ0) is 39.5. The van der Waals surface area contributed by atoms with Crippen LogP contribution >= 0.6 is 0 Å². The SMILES string of the molecule is CC[C@H](C)[C@@H]([C@@H](CC(=O)N1CCCC1[C@H](OC)[C@@H](C)C(=O)NC(CO)Cc1ccccc1)OC)N(C)C(=O)C(NC(=O)N1CCNCC1(C)C)C(C)C. The predicted octanol–water partition coefficient (Wildman–Crippen LogP) is 3.04. The first-order valence-electron chi connectivity index (χ1n) is 19.5. The Bertz CT molecular complexity index is 1330. The van der Waals surface area contributed by atoms with Crippen LogP contribution in [0.2, 0.25) is 0 Å². The van der Waals surface area contributed by atoms with Gasteiger partial charge in [-0.3, -0.25) is 14.4 Å². The summed E-state index contributed by atoms with van der Waals surface area (Å²) in [6.07, 6.45) is 1.54. The quantitative estimate of drug-likeness (QED) is 0.179. The highest BCUT2D eigenvalue weighted by molar-refractivity contribution is 5.88. The molecule has 300 valence electrons. The van der Waals surface area contributed by atoms with Gasteiger partial charge in [-0.25, -0.2) is 4.79 Å². The summed E-state index contributed by atoms with van der Waals surface area (Å²) in [6, 6.07) is 7.42.